The predicted molar refractivity (Wildman–Crippen MR) is 102 cm³/mol. The van der Waals surface area contributed by atoms with Gasteiger partial charge in [-0.05, 0) is 48.0 Å². The van der Waals surface area contributed by atoms with Crippen LogP contribution in [0.4, 0.5) is 0 Å². The Hall–Kier alpha value is -2.49. The molecule has 4 aromatic rings. The molecule has 3 aromatic carbocycles. The van der Waals surface area contributed by atoms with Crippen molar-refractivity contribution in [1.29, 1.82) is 0 Å². The normalized spacial score (nSPS) is 11.3. The summed E-state index contributed by atoms with van der Waals surface area (Å²) in [6, 6.07) is 20.0. The lowest BCUT2D eigenvalue weighted by molar-refractivity contribution is 0.100. The number of hydrogen-bond donors (Lipinski definition) is 1. The summed E-state index contributed by atoms with van der Waals surface area (Å²) < 4.78 is 2.12. The zero-order valence-corrected chi connectivity index (χ0v) is 14.6. The van der Waals surface area contributed by atoms with Crippen LogP contribution in [0, 0.1) is 6.07 Å². The lowest BCUT2D eigenvalue weighted by Crippen LogP contribution is -2.11. The maximum atomic E-state index is 11.9. The number of primary amides is 1. The number of halogens is 2. The highest BCUT2D eigenvalue weighted by Crippen LogP contribution is 2.32. The first kappa shape index (κ1) is 16.0. The molecule has 0 saturated carbocycles. The maximum Gasteiger partial charge on any atom is 0.249 e. The fourth-order valence-corrected chi connectivity index (χ4v) is 3.84. The number of nitrogens with two attached hydrogens (primary N) is 1. The van der Waals surface area contributed by atoms with Gasteiger partial charge in [0.1, 0.15) is 0 Å². The molecule has 1 radical (unpaired) electrons. The summed E-state index contributed by atoms with van der Waals surface area (Å²) in [7, 11) is 0. The number of hydrogen-bond acceptors (Lipinski definition) is 1. The third-order valence-corrected chi connectivity index (χ3v) is 4.67. The number of amides is 1. The van der Waals surface area contributed by atoms with Gasteiger partial charge in [-0.15, -0.1) is 0 Å². The fourth-order valence-electron chi connectivity index (χ4n) is 3.27. The SMILES string of the molecule is NC(=O)c1cccc2c1c1[c]cccc1n2Cc1cc(Cl)cc(Cl)c1. The molecule has 0 aliphatic rings. The summed E-state index contributed by atoms with van der Waals surface area (Å²) in [5.74, 6) is -0.451. The monoisotopic (exact) mass is 367 g/mol. The molecule has 0 fully saturated rings. The molecule has 3 nitrogen and oxygen atoms in total. The zero-order valence-electron chi connectivity index (χ0n) is 13.1. The molecule has 0 aliphatic heterocycles. The third-order valence-electron chi connectivity index (χ3n) is 4.24. The second-order valence-electron chi connectivity index (χ2n) is 5.86. The molecule has 1 aromatic heterocycles. The second kappa shape index (κ2) is 6.10. The Morgan fingerprint density at radius 1 is 1.04 bits per heavy atom. The van der Waals surface area contributed by atoms with Crippen molar-refractivity contribution in [3.63, 3.8) is 0 Å². The zero-order chi connectivity index (χ0) is 17.6. The average molecular weight is 368 g/mol. The molecule has 25 heavy (non-hydrogen) atoms. The minimum absolute atomic E-state index is 0.451. The summed E-state index contributed by atoms with van der Waals surface area (Å²) in [4.78, 5) is 11.9. The Bertz CT molecular complexity index is 1110. The molecule has 4 rings (SSSR count). The largest absolute Gasteiger partial charge is 0.366 e. The van der Waals surface area contributed by atoms with Gasteiger partial charge in [0.05, 0.1) is 11.0 Å². The summed E-state index contributed by atoms with van der Waals surface area (Å²) in [5, 5.41) is 2.87. The number of carbonyl (C=O) groups is 1. The molecular weight excluding hydrogens is 355 g/mol. The number of nitrogens with zero attached hydrogens (tertiary/aromatic N) is 1. The van der Waals surface area contributed by atoms with Crippen LogP contribution < -0.4 is 5.73 Å². The lowest BCUT2D eigenvalue weighted by Gasteiger charge is -2.09. The Balaban J connectivity index is 2.02. The highest BCUT2D eigenvalue weighted by atomic mass is 35.5. The molecular formula is C20H13Cl2N2O. The van der Waals surface area contributed by atoms with Crippen molar-refractivity contribution < 1.29 is 4.79 Å². The first-order chi connectivity index (χ1) is 12.0. The fraction of sp³-hybridized carbons (Fsp3) is 0.0500. The molecule has 0 aliphatic carbocycles. The van der Waals surface area contributed by atoms with Crippen molar-refractivity contribution in [2.75, 3.05) is 0 Å². The van der Waals surface area contributed by atoms with E-state index in [2.05, 4.69) is 10.6 Å². The van der Waals surface area contributed by atoms with E-state index in [0.717, 1.165) is 27.4 Å². The number of aromatic nitrogens is 1. The summed E-state index contributed by atoms with van der Waals surface area (Å²) in [5.41, 5.74) is 8.94. The quantitative estimate of drug-likeness (QED) is 0.541. The van der Waals surface area contributed by atoms with Gasteiger partial charge in [0.2, 0.25) is 5.91 Å². The predicted octanol–water partition coefficient (Wildman–Crippen LogP) is 5.05. The number of carbonyl (C=O) groups excluding carboxylic acids is 1. The van der Waals surface area contributed by atoms with Gasteiger partial charge in [-0.2, -0.15) is 0 Å². The summed E-state index contributed by atoms with van der Waals surface area (Å²) >= 11 is 12.3. The van der Waals surface area contributed by atoms with Crippen molar-refractivity contribution in [2.24, 2.45) is 5.73 Å². The van der Waals surface area contributed by atoms with Crippen LogP contribution in [0.3, 0.4) is 0 Å². The van der Waals surface area contributed by atoms with Crippen LogP contribution >= 0.6 is 23.2 Å². The Morgan fingerprint density at radius 3 is 2.48 bits per heavy atom. The van der Waals surface area contributed by atoms with E-state index in [0.29, 0.717) is 22.2 Å². The molecule has 1 heterocycles. The van der Waals surface area contributed by atoms with E-state index < -0.39 is 5.91 Å². The number of benzene rings is 3. The molecule has 1 amide bonds. The van der Waals surface area contributed by atoms with Crippen LogP contribution in [0.1, 0.15) is 15.9 Å². The molecule has 123 valence electrons. The van der Waals surface area contributed by atoms with Gasteiger partial charge >= 0.3 is 0 Å². The lowest BCUT2D eigenvalue weighted by atomic mass is 10.1. The minimum Gasteiger partial charge on any atom is -0.366 e. The van der Waals surface area contributed by atoms with Gasteiger partial charge in [-0.1, -0.05) is 41.4 Å². The minimum atomic E-state index is -0.451. The van der Waals surface area contributed by atoms with Crippen LogP contribution in [0.5, 0.6) is 0 Å². The van der Waals surface area contributed by atoms with Crippen LogP contribution in [-0.2, 0) is 6.54 Å². The Morgan fingerprint density at radius 2 is 1.76 bits per heavy atom. The second-order valence-corrected chi connectivity index (χ2v) is 6.73. The van der Waals surface area contributed by atoms with Gasteiger partial charge in [0, 0.05) is 32.9 Å². The molecule has 0 unspecified atom stereocenters. The van der Waals surface area contributed by atoms with Crippen molar-refractivity contribution in [2.45, 2.75) is 6.54 Å². The van der Waals surface area contributed by atoms with E-state index in [4.69, 9.17) is 28.9 Å². The van der Waals surface area contributed by atoms with E-state index in [1.54, 1.807) is 12.1 Å². The smallest absolute Gasteiger partial charge is 0.249 e. The van der Waals surface area contributed by atoms with Crippen LogP contribution in [-0.4, -0.2) is 10.5 Å². The molecule has 5 heteroatoms. The Labute approximate surface area is 154 Å². The van der Waals surface area contributed by atoms with Crippen molar-refractivity contribution in [1.82, 2.24) is 4.57 Å². The number of rotatable bonds is 3. The number of fused-ring (bicyclic) bond motifs is 3. The average Bonchev–Trinajstić information content (AvgIpc) is 2.88. The molecule has 0 saturated heterocycles. The third kappa shape index (κ3) is 2.76. The van der Waals surface area contributed by atoms with Gasteiger partial charge in [0.25, 0.3) is 0 Å². The summed E-state index contributed by atoms with van der Waals surface area (Å²) in [6.45, 7) is 0.570. The van der Waals surface area contributed by atoms with Gasteiger partial charge in [-0.25, -0.2) is 0 Å². The van der Waals surface area contributed by atoms with Crippen molar-refractivity contribution in [3.8, 4) is 0 Å². The van der Waals surface area contributed by atoms with Crippen LogP contribution in [0.2, 0.25) is 10.0 Å². The molecule has 0 atom stereocenters. The van der Waals surface area contributed by atoms with E-state index in [9.17, 15) is 4.79 Å². The van der Waals surface area contributed by atoms with E-state index in [1.165, 1.54) is 0 Å². The standard InChI is InChI=1S/C20H13Cl2N2O/c21-13-8-12(9-14(22)10-13)11-24-17-6-2-1-4-15(17)19-16(20(23)25)5-3-7-18(19)24/h1-3,5-10H,11H2,(H2,23,25). The topological polar surface area (TPSA) is 48.0 Å². The van der Waals surface area contributed by atoms with E-state index in [1.807, 2.05) is 42.5 Å². The first-order valence-electron chi connectivity index (χ1n) is 7.71. The van der Waals surface area contributed by atoms with Gasteiger partial charge in [0.15, 0.2) is 0 Å². The molecule has 0 bridgehead atoms. The van der Waals surface area contributed by atoms with Gasteiger partial charge in [-0.3, -0.25) is 4.79 Å². The van der Waals surface area contributed by atoms with E-state index in [-0.39, 0.29) is 0 Å². The maximum absolute atomic E-state index is 11.9. The first-order valence-corrected chi connectivity index (χ1v) is 8.46. The van der Waals surface area contributed by atoms with Crippen LogP contribution in [0.15, 0.2) is 54.6 Å². The molecule has 0 spiro atoms. The highest BCUT2D eigenvalue weighted by molar-refractivity contribution is 6.34. The van der Waals surface area contributed by atoms with Crippen molar-refractivity contribution in [3.05, 3.63) is 81.8 Å². The van der Waals surface area contributed by atoms with E-state index >= 15 is 0 Å². The Kier molecular flexibility index (Phi) is 3.91. The van der Waals surface area contributed by atoms with Gasteiger partial charge < -0.3 is 10.3 Å². The highest BCUT2D eigenvalue weighted by Gasteiger charge is 2.16. The van der Waals surface area contributed by atoms with Crippen LogP contribution in [0.25, 0.3) is 21.8 Å². The summed E-state index contributed by atoms with van der Waals surface area (Å²) in [6.07, 6.45) is 0. The van der Waals surface area contributed by atoms with Crippen molar-refractivity contribution >= 4 is 50.9 Å². The molecule has 2 N–H and O–H groups in total.